The topological polar surface area (TPSA) is 78.0 Å². The molecule has 1 saturated heterocycles. The van der Waals surface area contributed by atoms with Crippen LogP contribution in [0.15, 0.2) is 40.7 Å². The number of nitrogens with zero attached hydrogens (tertiary/aromatic N) is 2. The fourth-order valence-electron chi connectivity index (χ4n) is 3.87. The SMILES string of the molecule is CN=C(NCCOc1ccc2c(c1)CCC(=O)N2)NC1CCN(c2cccs2)CC1. The third-order valence-electron chi connectivity index (χ3n) is 5.51. The van der Waals surface area contributed by atoms with Crippen LogP contribution in [0.25, 0.3) is 0 Å². The van der Waals surface area contributed by atoms with Crippen LogP contribution in [0.4, 0.5) is 10.7 Å². The number of ether oxygens (including phenoxy) is 1. The molecule has 2 aliphatic heterocycles. The van der Waals surface area contributed by atoms with E-state index in [0.29, 0.717) is 25.6 Å². The molecular formula is C22H29N5O2S. The smallest absolute Gasteiger partial charge is 0.224 e. The van der Waals surface area contributed by atoms with Crippen LogP contribution >= 0.6 is 11.3 Å². The molecule has 0 saturated carbocycles. The van der Waals surface area contributed by atoms with Crippen LogP contribution in [0.5, 0.6) is 5.75 Å². The Labute approximate surface area is 181 Å². The summed E-state index contributed by atoms with van der Waals surface area (Å²) in [5.74, 6) is 1.73. The van der Waals surface area contributed by atoms with Crippen molar-refractivity contribution in [3.63, 3.8) is 0 Å². The lowest BCUT2D eigenvalue weighted by Crippen LogP contribution is -2.49. The molecule has 7 nitrogen and oxygen atoms in total. The van der Waals surface area contributed by atoms with E-state index in [1.807, 2.05) is 18.2 Å². The van der Waals surface area contributed by atoms with Gasteiger partial charge in [0.15, 0.2) is 5.96 Å². The Morgan fingerprint density at radius 3 is 2.93 bits per heavy atom. The summed E-state index contributed by atoms with van der Waals surface area (Å²) < 4.78 is 5.88. The monoisotopic (exact) mass is 427 g/mol. The van der Waals surface area contributed by atoms with Gasteiger partial charge in [0.1, 0.15) is 12.4 Å². The third kappa shape index (κ3) is 5.24. The second-order valence-corrected chi connectivity index (χ2v) is 8.50. The van der Waals surface area contributed by atoms with Gasteiger partial charge < -0.3 is 25.6 Å². The van der Waals surface area contributed by atoms with E-state index >= 15 is 0 Å². The molecule has 0 radical (unpaired) electrons. The quantitative estimate of drug-likeness (QED) is 0.375. The normalized spacial score (nSPS) is 17.3. The number of guanidine groups is 1. The van der Waals surface area contributed by atoms with Crippen molar-refractivity contribution in [3.05, 3.63) is 41.3 Å². The average molecular weight is 428 g/mol. The van der Waals surface area contributed by atoms with Crippen LogP contribution < -0.4 is 25.6 Å². The van der Waals surface area contributed by atoms with Crippen LogP contribution in [0.2, 0.25) is 0 Å². The van der Waals surface area contributed by atoms with Crippen LogP contribution in [-0.4, -0.2) is 51.2 Å². The summed E-state index contributed by atoms with van der Waals surface area (Å²) in [5, 5.41) is 13.3. The van der Waals surface area contributed by atoms with E-state index in [1.165, 1.54) is 5.00 Å². The number of aryl methyl sites for hydroxylation is 1. The van der Waals surface area contributed by atoms with Gasteiger partial charge in [-0.3, -0.25) is 9.79 Å². The number of carbonyl (C=O) groups excluding carboxylic acids is 1. The summed E-state index contributed by atoms with van der Waals surface area (Å²) >= 11 is 1.81. The molecule has 3 N–H and O–H groups in total. The molecule has 30 heavy (non-hydrogen) atoms. The first kappa shape index (κ1) is 20.5. The van der Waals surface area contributed by atoms with E-state index in [2.05, 4.69) is 43.4 Å². The van der Waals surface area contributed by atoms with Gasteiger partial charge in [0, 0.05) is 38.3 Å². The van der Waals surface area contributed by atoms with Gasteiger partial charge in [-0.1, -0.05) is 0 Å². The Morgan fingerprint density at radius 2 is 2.17 bits per heavy atom. The second kappa shape index (κ2) is 9.84. The van der Waals surface area contributed by atoms with E-state index < -0.39 is 0 Å². The molecule has 1 fully saturated rings. The van der Waals surface area contributed by atoms with Gasteiger partial charge in [-0.05, 0) is 60.5 Å². The van der Waals surface area contributed by atoms with E-state index in [1.54, 1.807) is 18.4 Å². The lowest BCUT2D eigenvalue weighted by Gasteiger charge is -2.33. The molecule has 2 aliphatic rings. The van der Waals surface area contributed by atoms with E-state index in [4.69, 9.17) is 4.74 Å². The minimum Gasteiger partial charge on any atom is -0.492 e. The second-order valence-electron chi connectivity index (χ2n) is 7.57. The molecule has 3 heterocycles. The highest BCUT2D eigenvalue weighted by Crippen LogP contribution is 2.27. The minimum atomic E-state index is 0.0800. The van der Waals surface area contributed by atoms with Crippen molar-refractivity contribution in [2.24, 2.45) is 4.99 Å². The molecule has 2 aromatic rings. The average Bonchev–Trinajstić information content (AvgIpc) is 3.31. The molecule has 160 valence electrons. The summed E-state index contributed by atoms with van der Waals surface area (Å²) in [6.07, 6.45) is 3.49. The summed E-state index contributed by atoms with van der Waals surface area (Å²) in [6, 6.07) is 10.6. The lowest BCUT2D eigenvalue weighted by atomic mass is 10.0. The van der Waals surface area contributed by atoms with Crippen molar-refractivity contribution in [1.29, 1.82) is 0 Å². The van der Waals surface area contributed by atoms with Crippen LogP contribution in [0.3, 0.4) is 0 Å². The summed E-state index contributed by atoms with van der Waals surface area (Å²) in [7, 11) is 1.80. The highest BCUT2D eigenvalue weighted by atomic mass is 32.1. The van der Waals surface area contributed by atoms with E-state index in [9.17, 15) is 4.79 Å². The number of hydrogen-bond donors (Lipinski definition) is 3. The Kier molecular flexibility index (Phi) is 6.74. The predicted octanol–water partition coefficient (Wildman–Crippen LogP) is 2.85. The fourth-order valence-corrected chi connectivity index (χ4v) is 4.66. The Balaban J connectivity index is 1.17. The number of amides is 1. The number of thiophene rings is 1. The molecule has 0 atom stereocenters. The molecule has 8 heteroatoms. The summed E-state index contributed by atoms with van der Waals surface area (Å²) in [5.41, 5.74) is 2.03. The maximum atomic E-state index is 11.5. The van der Waals surface area contributed by atoms with Crippen molar-refractivity contribution in [1.82, 2.24) is 10.6 Å². The van der Waals surface area contributed by atoms with Crippen molar-refractivity contribution in [2.45, 2.75) is 31.7 Å². The van der Waals surface area contributed by atoms with Gasteiger partial charge in [-0.25, -0.2) is 0 Å². The van der Waals surface area contributed by atoms with Crippen molar-refractivity contribution in [2.75, 3.05) is 43.5 Å². The van der Waals surface area contributed by atoms with Gasteiger partial charge in [0.05, 0.1) is 11.5 Å². The number of rotatable bonds is 6. The molecule has 1 aromatic carbocycles. The molecule has 4 rings (SSSR count). The predicted molar refractivity (Wildman–Crippen MR) is 123 cm³/mol. The molecular weight excluding hydrogens is 398 g/mol. The number of hydrogen-bond acceptors (Lipinski definition) is 5. The van der Waals surface area contributed by atoms with Crippen molar-refractivity contribution in [3.8, 4) is 5.75 Å². The van der Waals surface area contributed by atoms with E-state index in [-0.39, 0.29) is 5.91 Å². The zero-order valence-corrected chi connectivity index (χ0v) is 18.1. The first-order valence-corrected chi connectivity index (χ1v) is 11.4. The lowest BCUT2D eigenvalue weighted by molar-refractivity contribution is -0.116. The van der Waals surface area contributed by atoms with Crippen molar-refractivity contribution >= 4 is 33.9 Å². The summed E-state index contributed by atoms with van der Waals surface area (Å²) in [4.78, 5) is 18.3. The first-order chi connectivity index (χ1) is 14.7. The number of carbonyl (C=O) groups is 1. The Bertz CT molecular complexity index is 876. The van der Waals surface area contributed by atoms with Crippen LogP contribution in [-0.2, 0) is 11.2 Å². The van der Waals surface area contributed by atoms with Crippen LogP contribution in [0.1, 0.15) is 24.8 Å². The standard InChI is InChI=1S/C22H29N5O2S/c1-23-22(25-17-8-11-27(12-9-17)21-3-2-14-30-21)24-10-13-29-18-5-6-19-16(15-18)4-7-20(28)26-19/h2-3,5-6,14-15,17H,4,7-13H2,1H3,(H,26,28)(H2,23,24,25). The van der Waals surface area contributed by atoms with Gasteiger partial charge in [-0.15, -0.1) is 11.3 Å². The molecule has 1 amide bonds. The number of benzene rings is 1. The Morgan fingerprint density at radius 1 is 1.30 bits per heavy atom. The highest BCUT2D eigenvalue weighted by molar-refractivity contribution is 7.14. The molecule has 0 aliphatic carbocycles. The fraction of sp³-hybridized carbons (Fsp3) is 0.455. The van der Waals surface area contributed by atoms with Crippen LogP contribution in [0, 0.1) is 0 Å². The molecule has 0 spiro atoms. The third-order valence-corrected chi connectivity index (χ3v) is 6.44. The van der Waals surface area contributed by atoms with Gasteiger partial charge in [0.2, 0.25) is 5.91 Å². The zero-order chi connectivity index (χ0) is 20.8. The molecule has 1 aromatic heterocycles. The number of aliphatic imine (C=N–C) groups is 1. The maximum absolute atomic E-state index is 11.5. The van der Waals surface area contributed by atoms with Gasteiger partial charge in [0.25, 0.3) is 0 Å². The molecule has 0 unspecified atom stereocenters. The summed E-state index contributed by atoms with van der Waals surface area (Å²) in [6.45, 7) is 3.35. The van der Waals surface area contributed by atoms with Gasteiger partial charge in [-0.2, -0.15) is 0 Å². The highest BCUT2D eigenvalue weighted by Gasteiger charge is 2.20. The van der Waals surface area contributed by atoms with Gasteiger partial charge >= 0.3 is 0 Å². The number of anilines is 2. The molecule has 0 bridgehead atoms. The maximum Gasteiger partial charge on any atom is 0.224 e. The zero-order valence-electron chi connectivity index (χ0n) is 17.3. The van der Waals surface area contributed by atoms with E-state index in [0.717, 1.165) is 55.3 Å². The first-order valence-electron chi connectivity index (χ1n) is 10.5. The largest absolute Gasteiger partial charge is 0.492 e. The minimum absolute atomic E-state index is 0.0800. The Hall–Kier alpha value is -2.74. The number of nitrogens with one attached hydrogen (secondary N) is 3. The number of piperidine rings is 1. The van der Waals surface area contributed by atoms with Crippen molar-refractivity contribution < 1.29 is 9.53 Å². The number of fused-ring (bicyclic) bond motifs is 1.